The number of amides is 1. The van der Waals surface area contributed by atoms with Crippen LogP contribution in [0.25, 0.3) is 0 Å². The number of carbonyl (C=O) groups is 1. The minimum Gasteiger partial charge on any atom is -0.368 e. The molecule has 1 amide bonds. The molecule has 0 radical (unpaired) electrons. The monoisotopic (exact) mass is 507 g/mol. The van der Waals surface area contributed by atoms with Crippen LogP contribution in [0.3, 0.4) is 0 Å². The van der Waals surface area contributed by atoms with Gasteiger partial charge in [-0.25, -0.2) is 4.79 Å². The average molecular weight is 508 g/mol. The number of hydrogen-bond acceptors (Lipinski definition) is 5. The molecular weight excluding hydrogens is 478 g/mol. The zero-order chi connectivity index (χ0) is 25.1. The second kappa shape index (κ2) is 10.6. The second-order valence-corrected chi connectivity index (χ2v) is 9.83. The van der Waals surface area contributed by atoms with Crippen molar-refractivity contribution >= 4 is 34.7 Å². The predicted molar refractivity (Wildman–Crippen MR) is 143 cm³/mol. The molecule has 1 aliphatic heterocycles. The lowest BCUT2D eigenvalue weighted by molar-refractivity contribution is -0.131. The molecule has 188 valence electrons. The molecule has 0 saturated carbocycles. The molecule has 3 aromatic rings. The summed E-state index contributed by atoms with van der Waals surface area (Å²) < 4.78 is 1.15. The topological polar surface area (TPSA) is 90.4 Å². The molecule has 1 saturated heterocycles. The Labute approximate surface area is 214 Å². The summed E-state index contributed by atoms with van der Waals surface area (Å²) in [5, 5.41) is 3.83. The zero-order valence-electron chi connectivity index (χ0n) is 20.1. The Bertz CT molecular complexity index is 1340. The molecule has 2 N–H and O–H groups in total. The SMILES string of the molecule is O=C(CCCn1c(=O)cc(Nc2ccc3c(c2)CCC3)[nH]c1=O)N1CCN(c2cccc(Cl)c2)CC1. The Morgan fingerprint density at radius 3 is 2.56 bits per heavy atom. The van der Waals surface area contributed by atoms with Gasteiger partial charge in [-0.3, -0.25) is 19.1 Å². The van der Waals surface area contributed by atoms with Crippen molar-refractivity contribution in [2.45, 2.75) is 38.6 Å². The summed E-state index contributed by atoms with van der Waals surface area (Å²) in [5.41, 5.74) is 3.72. The van der Waals surface area contributed by atoms with Crippen LogP contribution < -0.4 is 21.5 Å². The highest BCUT2D eigenvalue weighted by molar-refractivity contribution is 6.30. The second-order valence-electron chi connectivity index (χ2n) is 9.39. The third kappa shape index (κ3) is 5.49. The Hall–Kier alpha value is -3.52. The van der Waals surface area contributed by atoms with Crippen molar-refractivity contribution in [1.82, 2.24) is 14.5 Å². The molecule has 1 fully saturated rings. The first-order chi connectivity index (χ1) is 17.5. The number of hydrogen-bond donors (Lipinski definition) is 2. The number of nitrogens with zero attached hydrogens (tertiary/aromatic N) is 3. The van der Waals surface area contributed by atoms with E-state index in [0.29, 0.717) is 30.4 Å². The Balaban J connectivity index is 1.12. The summed E-state index contributed by atoms with van der Waals surface area (Å²) in [4.78, 5) is 44.7. The van der Waals surface area contributed by atoms with Gasteiger partial charge in [0.25, 0.3) is 5.56 Å². The van der Waals surface area contributed by atoms with E-state index in [4.69, 9.17) is 11.6 Å². The van der Waals surface area contributed by atoms with Gasteiger partial charge in [0.2, 0.25) is 5.91 Å². The number of carbonyl (C=O) groups excluding carboxylic acids is 1. The number of aromatic nitrogens is 2. The standard InChI is InChI=1S/C27H30ClN5O3/c28-21-6-2-7-23(17-21)31-12-14-32(15-13-31)25(34)8-3-11-33-26(35)18-24(30-27(33)36)29-22-10-9-19-4-1-5-20(19)16-22/h2,6-7,9-10,16-18,29H,1,3-5,8,11-15H2,(H,30,36). The maximum Gasteiger partial charge on any atom is 0.329 e. The van der Waals surface area contributed by atoms with E-state index in [-0.39, 0.29) is 24.4 Å². The van der Waals surface area contributed by atoms with Crippen LogP contribution in [0.15, 0.2) is 58.1 Å². The summed E-state index contributed by atoms with van der Waals surface area (Å²) >= 11 is 6.09. The number of aryl methyl sites for hydroxylation is 2. The number of benzene rings is 2. The predicted octanol–water partition coefficient (Wildman–Crippen LogP) is 3.55. The lowest BCUT2D eigenvalue weighted by Crippen LogP contribution is -2.48. The van der Waals surface area contributed by atoms with Crippen molar-refractivity contribution in [3.8, 4) is 0 Å². The quantitative estimate of drug-likeness (QED) is 0.510. The number of rotatable bonds is 7. The first kappa shape index (κ1) is 24.2. The van der Waals surface area contributed by atoms with Crippen molar-refractivity contribution in [3.63, 3.8) is 0 Å². The van der Waals surface area contributed by atoms with E-state index >= 15 is 0 Å². The third-order valence-corrected chi connectivity index (χ3v) is 7.21. The molecule has 0 unspecified atom stereocenters. The highest BCUT2D eigenvalue weighted by Gasteiger charge is 2.21. The van der Waals surface area contributed by atoms with Crippen molar-refractivity contribution in [1.29, 1.82) is 0 Å². The fraction of sp³-hybridized carbons (Fsp3) is 0.370. The van der Waals surface area contributed by atoms with Gasteiger partial charge in [0.1, 0.15) is 5.82 Å². The molecule has 1 aromatic heterocycles. The normalized spacial score (nSPS) is 15.1. The summed E-state index contributed by atoms with van der Waals surface area (Å²) in [7, 11) is 0. The molecule has 1 aliphatic carbocycles. The lowest BCUT2D eigenvalue weighted by atomic mass is 10.1. The molecule has 8 nitrogen and oxygen atoms in total. The van der Waals surface area contributed by atoms with Gasteiger partial charge in [0, 0.05) is 61.6 Å². The maximum atomic E-state index is 12.7. The van der Waals surface area contributed by atoms with E-state index in [1.165, 1.54) is 17.2 Å². The van der Waals surface area contributed by atoms with Crippen LogP contribution in [0.4, 0.5) is 17.2 Å². The molecule has 2 aromatic carbocycles. The van der Waals surface area contributed by atoms with E-state index in [1.54, 1.807) is 0 Å². The number of fused-ring (bicyclic) bond motifs is 1. The number of anilines is 3. The van der Waals surface area contributed by atoms with Gasteiger partial charge in [0.05, 0.1) is 0 Å². The lowest BCUT2D eigenvalue weighted by Gasteiger charge is -2.36. The van der Waals surface area contributed by atoms with Crippen LogP contribution in [-0.2, 0) is 24.2 Å². The molecule has 9 heteroatoms. The van der Waals surface area contributed by atoms with Crippen molar-refractivity contribution in [3.05, 3.63) is 85.5 Å². The Morgan fingerprint density at radius 1 is 0.972 bits per heavy atom. The summed E-state index contributed by atoms with van der Waals surface area (Å²) in [5.74, 6) is 0.410. The van der Waals surface area contributed by atoms with Gasteiger partial charge in [-0.2, -0.15) is 0 Å². The van der Waals surface area contributed by atoms with Crippen LogP contribution in [0.5, 0.6) is 0 Å². The summed E-state index contributed by atoms with van der Waals surface area (Å²) in [6, 6.07) is 15.3. The molecule has 5 rings (SSSR count). The zero-order valence-corrected chi connectivity index (χ0v) is 20.9. The highest BCUT2D eigenvalue weighted by Crippen LogP contribution is 2.26. The van der Waals surface area contributed by atoms with Gasteiger partial charge >= 0.3 is 5.69 Å². The molecule has 36 heavy (non-hydrogen) atoms. The van der Waals surface area contributed by atoms with Gasteiger partial charge in [-0.05, 0) is 67.1 Å². The molecule has 0 bridgehead atoms. The van der Waals surface area contributed by atoms with Gasteiger partial charge in [0.15, 0.2) is 0 Å². The Kier molecular flexibility index (Phi) is 7.13. The average Bonchev–Trinajstić information content (AvgIpc) is 3.34. The highest BCUT2D eigenvalue weighted by atomic mass is 35.5. The van der Waals surface area contributed by atoms with E-state index in [9.17, 15) is 14.4 Å². The van der Waals surface area contributed by atoms with Crippen LogP contribution in [-0.4, -0.2) is 46.5 Å². The van der Waals surface area contributed by atoms with E-state index in [2.05, 4.69) is 27.3 Å². The fourth-order valence-corrected chi connectivity index (χ4v) is 5.22. The molecule has 2 aliphatic rings. The van der Waals surface area contributed by atoms with Gasteiger partial charge in [-0.15, -0.1) is 0 Å². The third-order valence-electron chi connectivity index (χ3n) is 6.98. The van der Waals surface area contributed by atoms with E-state index in [0.717, 1.165) is 48.3 Å². The number of H-pyrrole nitrogens is 1. The van der Waals surface area contributed by atoms with Gasteiger partial charge in [-0.1, -0.05) is 23.7 Å². The molecular formula is C27H30ClN5O3. The molecule has 0 spiro atoms. The van der Waals surface area contributed by atoms with Crippen molar-refractivity contribution in [2.75, 3.05) is 36.4 Å². The van der Waals surface area contributed by atoms with Crippen molar-refractivity contribution in [2.24, 2.45) is 0 Å². The van der Waals surface area contributed by atoms with Gasteiger partial charge < -0.3 is 15.1 Å². The smallest absolute Gasteiger partial charge is 0.329 e. The van der Waals surface area contributed by atoms with E-state index < -0.39 is 5.69 Å². The maximum absolute atomic E-state index is 12.7. The molecule has 0 atom stereocenters. The molecule has 2 heterocycles. The van der Waals surface area contributed by atoms with Crippen LogP contribution >= 0.6 is 11.6 Å². The van der Waals surface area contributed by atoms with Crippen molar-refractivity contribution < 1.29 is 4.79 Å². The van der Waals surface area contributed by atoms with Crippen LogP contribution in [0, 0.1) is 0 Å². The number of halogens is 1. The van der Waals surface area contributed by atoms with Crippen LogP contribution in [0.2, 0.25) is 5.02 Å². The minimum atomic E-state index is -0.478. The first-order valence-corrected chi connectivity index (χ1v) is 12.9. The first-order valence-electron chi connectivity index (χ1n) is 12.5. The largest absolute Gasteiger partial charge is 0.368 e. The Morgan fingerprint density at radius 2 is 1.78 bits per heavy atom. The fourth-order valence-electron chi connectivity index (χ4n) is 5.04. The van der Waals surface area contributed by atoms with Crippen LogP contribution in [0.1, 0.15) is 30.4 Å². The van der Waals surface area contributed by atoms with E-state index in [1.807, 2.05) is 35.2 Å². The summed E-state index contributed by atoms with van der Waals surface area (Å²) in [6.45, 7) is 2.94. The summed E-state index contributed by atoms with van der Waals surface area (Å²) in [6.07, 6.45) is 4.03. The minimum absolute atomic E-state index is 0.0418. The number of aromatic amines is 1. The number of piperazine rings is 1. The number of nitrogens with one attached hydrogen (secondary N) is 2.